The van der Waals surface area contributed by atoms with Crippen molar-refractivity contribution in [1.82, 2.24) is 19.6 Å². The van der Waals surface area contributed by atoms with Crippen LogP contribution in [0.25, 0.3) is 33.3 Å². The van der Waals surface area contributed by atoms with E-state index in [9.17, 15) is 0 Å². The fraction of sp³-hybridized carbons (Fsp3) is 0.321. The summed E-state index contributed by atoms with van der Waals surface area (Å²) in [7, 11) is 2.19. The van der Waals surface area contributed by atoms with Crippen LogP contribution in [-0.4, -0.2) is 53.8 Å². The molecule has 3 heterocycles. The Hall–Kier alpha value is -2.80. The number of rotatable bonds is 7. The zero-order valence-electron chi connectivity index (χ0n) is 20.2. The average molecular weight is 472 g/mol. The van der Waals surface area contributed by atoms with Crippen LogP contribution < -0.4 is 9.62 Å². The minimum absolute atomic E-state index is 0.323. The number of pyridine rings is 1. The largest absolute Gasteiger partial charge is 0.369 e. The number of hydrogen-bond donors (Lipinski definition) is 2. The van der Waals surface area contributed by atoms with Crippen molar-refractivity contribution in [3.8, 4) is 22.3 Å². The smallest absolute Gasteiger partial charge is 0.137 e. The van der Waals surface area contributed by atoms with E-state index in [0.29, 0.717) is 6.04 Å². The summed E-state index contributed by atoms with van der Waals surface area (Å²) in [6.07, 6.45) is 4.04. The first kappa shape index (κ1) is 23.0. The molecule has 0 spiro atoms. The van der Waals surface area contributed by atoms with Crippen molar-refractivity contribution in [3.05, 3.63) is 72.6 Å². The van der Waals surface area contributed by atoms with Gasteiger partial charge in [-0.25, -0.2) is 4.98 Å². The number of piperazine rings is 1. The van der Waals surface area contributed by atoms with Gasteiger partial charge >= 0.3 is 0 Å². The second-order valence-electron chi connectivity index (χ2n) is 9.05. The first-order chi connectivity index (χ1) is 16.6. The third-order valence-corrected chi connectivity index (χ3v) is 7.54. The third-order valence-electron chi connectivity index (χ3n) is 6.73. The first-order valence-corrected chi connectivity index (χ1v) is 13.1. The second-order valence-corrected chi connectivity index (χ2v) is 10.2. The van der Waals surface area contributed by atoms with E-state index in [0.717, 1.165) is 48.5 Å². The average Bonchev–Trinajstić information content (AvgIpc) is 3.31. The van der Waals surface area contributed by atoms with Crippen LogP contribution in [0.3, 0.4) is 0 Å². The van der Waals surface area contributed by atoms with Crippen LogP contribution in [0.5, 0.6) is 0 Å². The zero-order chi connectivity index (χ0) is 23.5. The van der Waals surface area contributed by atoms with Crippen molar-refractivity contribution >= 4 is 28.7 Å². The Morgan fingerprint density at radius 2 is 1.68 bits per heavy atom. The van der Waals surface area contributed by atoms with Gasteiger partial charge in [-0.3, -0.25) is 4.72 Å². The summed E-state index contributed by atoms with van der Waals surface area (Å²) < 4.78 is 3.48. The number of likely N-dealkylation sites (N-methyl/N-ethyl adjacent to an activating group) is 1. The summed E-state index contributed by atoms with van der Waals surface area (Å²) >= 11 is 1.76. The Morgan fingerprint density at radius 1 is 0.971 bits per heavy atom. The molecule has 0 amide bonds. The molecule has 6 heteroatoms. The summed E-state index contributed by atoms with van der Waals surface area (Å²) in [5.74, 6) is 1.06. The Morgan fingerprint density at radius 3 is 2.38 bits per heavy atom. The topological polar surface area (TPSA) is 47.2 Å². The number of nitrogens with zero attached hydrogens (tertiary/aromatic N) is 3. The molecule has 2 N–H and O–H groups in total. The molecule has 0 aliphatic carbocycles. The minimum atomic E-state index is 0.323. The molecule has 1 aliphatic heterocycles. The van der Waals surface area contributed by atoms with Crippen LogP contribution in [0.1, 0.15) is 25.5 Å². The Balaban J connectivity index is 1.38. The lowest BCUT2D eigenvalue weighted by Gasteiger charge is -2.34. The summed E-state index contributed by atoms with van der Waals surface area (Å²) in [4.78, 5) is 12.9. The molecule has 34 heavy (non-hydrogen) atoms. The lowest BCUT2D eigenvalue weighted by atomic mass is 10.00. The zero-order valence-corrected chi connectivity index (χ0v) is 21.0. The molecule has 5 rings (SSSR count). The standard InChI is InChI=1S/C28H33N5S/c1-4-34-31-20(2)21-5-7-23(8-6-21)27-19-30-28-26(27)17-24(18-29-28)22-9-11-25(12-10-22)33-15-13-32(3)14-16-33/h5-12,17-20,31H,4,13-16H2,1-3H3,(H,29,30). The van der Waals surface area contributed by atoms with Gasteiger partial charge in [0.15, 0.2) is 0 Å². The van der Waals surface area contributed by atoms with Crippen molar-refractivity contribution < 1.29 is 0 Å². The van der Waals surface area contributed by atoms with E-state index in [2.05, 4.69) is 101 Å². The van der Waals surface area contributed by atoms with Crippen molar-refractivity contribution in [1.29, 1.82) is 0 Å². The number of nitrogens with one attached hydrogen (secondary N) is 2. The Bertz CT molecular complexity index is 1220. The molecule has 1 fully saturated rings. The van der Waals surface area contributed by atoms with Gasteiger partial charge in [-0.05, 0) is 48.9 Å². The first-order valence-electron chi connectivity index (χ1n) is 12.1. The van der Waals surface area contributed by atoms with E-state index in [4.69, 9.17) is 4.98 Å². The van der Waals surface area contributed by atoms with Crippen LogP contribution in [0.4, 0.5) is 5.69 Å². The van der Waals surface area contributed by atoms with Gasteiger partial charge in [0.05, 0.1) is 0 Å². The number of hydrogen-bond acceptors (Lipinski definition) is 5. The molecule has 2 aromatic carbocycles. The number of aromatic nitrogens is 2. The summed E-state index contributed by atoms with van der Waals surface area (Å²) in [5.41, 5.74) is 8.25. The predicted molar refractivity (Wildman–Crippen MR) is 146 cm³/mol. The fourth-order valence-electron chi connectivity index (χ4n) is 4.56. The highest BCUT2D eigenvalue weighted by Crippen LogP contribution is 2.32. The van der Waals surface area contributed by atoms with Gasteiger partial charge in [-0.1, -0.05) is 55.3 Å². The SMILES string of the molecule is CCSNC(C)c1ccc(-c2c[nH]c3ncc(-c4ccc(N5CCN(C)CC5)cc4)cc23)cc1. The molecule has 0 bridgehead atoms. The van der Waals surface area contributed by atoms with E-state index in [-0.39, 0.29) is 0 Å². The van der Waals surface area contributed by atoms with Crippen LogP contribution in [0.15, 0.2) is 67.0 Å². The number of benzene rings is 2. The molecule has 0 radical (unpaired) electrons. The monoisotopic (exact) mass is 471 g/mol. The van der Waals surface area contributed by atoms with E-state index < -0.39 is 0 Å². The normalized spacial score (nSPS) is 15.7. The van der Waals surface area contributed by atoms with Crippen molar-refractivity contribution in [2.75, 3.05) is 43.9 Å². The third kappa shape index (κ3) is 4.85. The maximum atomic E-state index is 4.72. The van der Waals surface area contributed by atoms with E-state index in [1.165, 1.54) is 27.9 Å². The van der Waals surface area contributed by atoms with Gasteiger partial charge in [0, 0.05) is 72.6 Å². The number of fused-ring (bicyclic) bond motifs is 1. The highest BCUT2D eigenvalue weighted by molar-refractivity contribution is 7.97. The van der Waals surface area contributed by atoms with E-state index >= 15 is 0 Å². The molecule has 0 saturated carbocycles. The summed E-state index contributed by atoms with van der Waals surface area (Å²) in [6, 6.07) is 20.4. The van der Waals surface area contributed by atoms with Crippen molar-refractivity contribution in [2.24, 2.45) is 0 Å². The molecular weight excluding hydrogens is 438 g/mol. The highest BCUT2D eigenvalue weighted by Gasteiger charge is 2.15. The summed E-state index contributed by atoms with van der Waals surface area (Å²) in [6.45, 7) is 8.77. The Kier molecular flexibility index (Phi) is 6.90. The Labute approximate surface area is 206 Å². The van der Waals surface area contributed by atoms with Crippen LogP contribution in [-0.2, 0) is 0 Å². The second kappa shape index (κ2) is 10.2. The van der Waals surface area contributed by atoms with Gasteiger partial charge in [-0.15, -0.1) is 0 Å². The molecule has 4 aromatic rings. The van der Waals surface area contributed by atoms with Gasteiger partial charge in [0.25, 0.3) is 0 Å². The van der Waals surface area contributed by atoms with Gasteiger partial charge in [0.2, 0.25) is 0 Å². The quantitative estimate of drug-likeness (QED) is 0.325. The van der Waals surface area contributed by atoms with Crippen LogP contribution >= 0.6 is 11.9 Å². The van der Waals surface area contributed by atoms with Gasteiger partial charge in [0.1, 0.15) is 5.65 Å². The predicted octanol–water partition coefficient (Wildman–Crippen LogP) is 5.97. The van der Waals surface area contributed by atoms with Crippen LogP contribution in [0, 0.1) is 0 Å². The maximum absolute atomic E-state index is 4.72. The number of aromatic amines is 1. The fourth-order valence-corrected chi connectivity index (χ4v) is 5.11. The maximum Gasteiger partial charge on any atom is 0.137 e. The van der Waals surface area contributed by atoms with Gasteiger partial charge in [-0.2, -0.15) is 0 Å². The van der Waals surface area contributed by atoms with Crippen LogP contribution in [0.2, 0.25) is 0 Å². The molecule has 5 nitrogen and oxygen atoms in total. The number of anilines is 1. The summed E-state index contributed by atoms with van der Waals surface area (Å²) in [5, 5.41) is 1.15. The molecule has 1 aliphatic rings. The molecule has 1 unspecified atom stereocenters. The van der Waals surface area contributed by atoms with Crippen molar-refractivity contribution in [3.63, 3.8) is 0 Å². The molecule has 1 atom stereocenters. The number of H-pyrrole nitrogens is 1. The molecule has 2 aromatic heterocycles. The molecule has 176 valence electrons. The highest BCUT2D eigenvalue weighted by atomic mass is 32.2. The van der Waals surface area contributed by atoms with Crippen molar-refractivity contribution in [2.45, 2.75) is 19.9 Å². The van der Waals surface area contributed by atoms with E-state index in [1.807, 2.05) is 6.20 Å². The molecular formula is C28H33N5S. The lowest BCUT2D eigenvalue weighted by Crippen LogP contribution is -2.44. The lowest BCUT2D eigenvalue weighted by molar-refractivity contribution is 0.313. The minimum Gasteiger partial charge on any atom is -0.369 e. The van der Waals surface area contributed by atoms with Gasteiger partial charge < -0.3 is 14.8 Å². The molecule has 1 saturated heterocycles. The van der Waals surface area contributed by atoms with E-state index in [1.54, 1.807) is 11.9 Å².